The van der Waals surface area contributed by atoms with Gasteiger partial charge in [0.15, 0.2) is 12.5 Å². The van der Waals surface area contributed by atoms with Crippen LogP contribution in [0.5, 0.6) is 0 Å². The molecule has 0 unspecified atom stereocenters. The molecule has 1 aliphatic heterocycles. The number of thioether (sulfide) groups is 1. The maximum absolute atomic E-state index is 12.8. The van der Waals surface area contributed by atoms with Crippen molar-refractivity contribution in [2.45, 2.75) is 48.5 Å². The lowest BCUT2D eigenvalue weighted by Crippen LogP contribution is -2.39. The Morgan fingerprint density at radius 2 is 1.53 bits per heavy atom. The Morgan fingerprint density at radius 3 is 2.28 bits per heavy atom. The lowest BCUT2D eigenvalue weighted by atomic mass is 9.91. The summed E-state index contributed by atoms with van der Waals surface area (Å²) in [4.78, 5) is 0.223. The summed E-state index contributed by atoms with van der Waals surface area (Å²) in [7, 11) is -3.64. The minimum Gasteiger partial charge on any atom is -0.618 e. The summed E-state index contributed by atoms with van der Waals surface area (Å²) in [5, 5.41) is 22.5. The molecule has 2 N–H and O–H groups in total. The van der Waals surface area contributed by atoms with Crippen LogP contribution in [0.3, 0.4) is 0 Å². The number of hydrogen-bond acceptors (Lipinski definition) is 7. The number of hydrogen-bond donors (Lipinski definition) is 2. The van der Waals surface area contributed by atoms with Gasteiger partial charge in [0, 0.05) is 35.9 Å². The number of pyridine rings is 1. The predicted octanol–water partition coefficient (Wildman–Crippen LogP) is 6.54. The second-order valence-corrected chi connectivity index (χ2v) is 14.3. The molecule has 0 saturated carbocycles. The molecule has 0 radical (unpaired) electrons. The van der Waals surface area contributed by atoms with Gasteiger partial charge in [-0.15, -0.1) is 0 Å². The Balaban J connectivity index is 1.24. The average molecular weight is 669 g/mol. The van der Waals surface area contributed by atoms with Gasteiger partial charge in [0.2, 0.25) is 10.0 Å². The third-order valence-corrected chi connectivity index (χ3v) is 10.8. The molecule has 1 saturated heterocycles. The van der Waals surface area contributed by atoms with Gasteiger partial charge in [-0.1, -0.05) is 97.5 Å². The van der Waals surface area contributed by atoms with Crippen LogP contribution in [0.2, 0.25) is 0 Å². The zero-order valence-corrected chi connectivity index (χ0v) is 27.4. The van der Waals surface area contributed by atoms with Crippen molar-refractivity contribution in [1.29, 1.82) is 0 Å². The first kappa shape index (κ1) is 32.9. The zero-order chi connectivity index (χ0) is 32.8. The van der Waals surface area contributed by atoms with Crippen LogP contribution >= 0.6 is 11.8 Å². The molecule has 0 spiro atoms. The van der Waals surface area contributed by atoms with Crippen LogP contribution in [-0.2, 0) is 32.6 Å². The van der Waals surface area contributed by atoms with E-state index in [1.54, 1.807) is 42.5 Å². The molecule has 4 atom stereocenters. The van der Waals surface area contributed by atoms with Crippen LogP contribution in [0, 0.1) is 11.1 Å². The quantitative estimate of drug-likeness (QED) is 0.0934. The van der Waals surface area contributed by atoms with Gasteiger partial charge in [0.05, 0.1) is 23.7 Å². The minimum absolute atomic E-state index is 0.0259. The van der Waals surface area contributed by atoms with Crippen LogP contribution in [0.25, 0.3) is 11.1 Å². The number of aliphatic hydroxyl groups is 1. The van der Waals surface area contributed by atoms with E-state index in [2.05, 4.69) is 11.6 Å². The number of aliphatic hydroxyl groups excluding tert-OH is 1. The van der Waals surface area contributed by atoms with Crippen molar-refractivity contribution in [3.05, 3.63) is 155 Å². The lowest BCUT2D eigenvalue weighted by Gasteiger charge is -2.41. The van der Waals surface area contributed by atoms with E-state index in [9.17, 15) is 18.7 Å². The molecule has 47 heavy (non-hydrogen) atoms. The largest absolute Gasteiger partial charge is 0.618 e. The highest BCUT2D eigenvalue weighted by molar-refractivity contribution is 7.99. The molecule has 0 bridgehead atoms. The SMILES string of the molecule is C[C@@H]1[C@H](CSc2cccc[n+]2[O-])O[C@H](c2cccc(-c3cccc(CNS(=O)(=O)c4ccccc4)c3)c2)O[C@@H]1c1ccc(CO)cc1. The molecule has 1 aliphatic rings. The minimum atomic E-state index is -3.64. The Kier molecular flexibility index (Phi) is 10.4. The van der Waals surface area contributed by atoms with Gasteiger partial charge in [-0.05, 0) is 58.1 Å². The Morgan fingerprint density at radius 1 is 0.809 bits per heavy atom. The molecule has 10 heteroatoms. The van der Waals surface area contributed by atoms with Crippen molar-refractivity contribution in [2.75, 3.05) is 5.75 Å². The molecule has 1 fully saturated rings. The summed E-state index contributed by atoms with van der Waals surface area (Å²) in [5.74, 6) is 0.529. The molecular weight excluding hydrogens is 633 g/mol. The van der Waals surface area contributed by atoms with E-state index in [1.807, 2.05) is 78.9 Å². The van der Waals surface area contributed by atoms with Crippen molar-refractivity contribution in [2.24, 2.45) is 5.92 Å². The number of sulfonamides is 1. The summed E-state index contributed by atoms with van der Waals surface area (Å²) in [6.07, 6.45) is 0.303. The van der Waals surface area contributed by atoms with Gasteiger partial charge < -0.3 is 19.8 Å². The molecule has 2 heterocycles. The van der Waals surface area contributed by atoms with Crippen LogP contribution < -0.4 is 9.45 Å². The fourth-order valence-corrected chi connectivity index (χ4v) is 7.71. The highest BCUT2D eigenvalue weighted by Crippen LogP contribution is 2.43. The van der Waals surface area contributed by atoms with E-state index in [1.165, 1.54) is 18.0 Å². The van der Waals surface area contributed by atoms with Crippen molar-refractivity contribution >= 4 is 21.8 Å². The summed E-state index contributed by atoms with van der Waals surface area (Å²) in [5.41, 5.74) is 5.34. The Labute approximate surface area is 279 Å². The summed E-state index contributed by atoms with van der Waals surface area (Å²) in [6.45, 7) is 2.21. The van der Waals surface area contributed by atoms with E-state index in [-0.39, 0.29) is 36.2 Å². The molecule has 242 valence electrons. The summed E-state index contributed by atoms with van der Waals surface area (Å²) >= 11 is 1.45. The first-order valence-corrected chi connectivity index (χ1v) is 17.8. The van der Waals surface area contributed by atoms with Gasteiger partial charge in [0.25, 0.3) is 5.03 Å². The number of rotatable bonds is 11. The van der Waals surface area contributed by atoms with Crippen molar-refractivity contribution in [1.82, 2.24) is 4.72 Å². The van der Waals surface area contributed by atoms with Crippen LogP contribution in [0.4, 0.5) is 0 Å². The lowest BCUT2D eigenvalue weighted by molar-refractivity contribution is -0.645. The maximum atomic E-state index is 12.8. The standard InChI is InChI=1S/C37H36N2O6S2/c1-26-34(25-46-35-15-5-6-20-39(35)41)44-37(45-36(26)29-18-16-27(24-40)17-19-29)32-12-8-11-31(22-32)30-10-7-9-28(21-30)23-38-47(42,43)33-13-3-2-4-14-33/h2-22,26,34,36-38,40H,23-25H2,1H3/t26-,34+,36+,37+/m1/s1. The zero-order valence-electron chi connectivity index (χ0n) is 25.8. The molecule has 5 aromatic rings. The van der Waals surface area contributed by atoms with Gasteiger partial charge in [0.1, 0.15) is 0 Å². The fourth-order valence-electron chi connectivity index (χ4n) is 5.59. The molecule has 1 aromatic heterocycles. The van der Waals surface area contributed by atoms with E-state index in [0.29, 0.717) is 10.8 Å². The molecule has 4 aromatic carbocycles. The Bertz CT molecular complexity index is 1900. The molecule has 8 nitrogen and oxygen atoms in total. The predicted molar refractivity (Wildman–Crippen MR) is 181 cm³/mol. The van der Waals surface area contributed by atoms with Crippen LogP contribution in [-0.4, -0.2) is 25.4 Å². The van der Waals surface area contributed by atoms with Gasteiger partial charge in [-0.2, -0.15) is 4.73 Å². The number of benzene rings is 4. The normalized spacial score (nSPS) is 19.8. The Hall–Kier alpha value is -4.03. The monoisotopic (exact) mass is 668 g/mol. The van der Waals surface area contributed by atoms with E-state index >= 15 is 0 Å². The van der Waals surface area contributed by atoms with Crippen LogP contribution in [0.1, 0.15) is 41.6 Å². The highest BCUT2D eigenvalue weighted by atomic mass is 32.2. The smallest absolute Gasteiger partial charge is 0.251 e. The van der Waals surface area contributed by atoms with Gasteiger partial charge in [-0.25, -0.2) is 13.1 Å². The number of nitrogens with one attached hydrogen (secondary N) is 1. The second-order valence-electron chi connectivity index (χ2n) is 11.5. The first-order chi connectivity index (χ1) is 22.8. The maximum Gasteiger partial charge on any atom is 0.251 e. The molecular formula is C37H36N2O6S2. The number of nitrogens with zero attached hydrogens (tertiary/aromatic N) is 1. The fraction of sp³-hybridized carbons (Fsp3) is 0.216. The third kappa shape index (κ3) is 7.93. The topological polar surface area (TPSA) is 112 Å². The molecule has 6 rings (SSSR count). The van der Waals surface area contributed by atoms with E-state index < -0.39 is 16.3 Å². The van der Waals surface area contributed by atoms with Crippen molar-refractivity contribution < 1.29 is 27.7 Å². The average Bonchev–Trinajstić information content (AvgIpc) is 3.11. The van der Waals surface area contributed by atoms with Crippen molar-refractivity contribution in [3.63, 3.8) is 0 Å². The number of ether oxygens (including phenoxy) is 2. The van der Waals surface area contributed by atoms with E-state index in [4.69, 9.17) is 9.47 Å². The second kappa shape index (κ2) is 14.8. The van der Waals surface area contributed by atoms with Crippen LogP contribution in [0.15, 0.2) is 137 Å². The third-order valence-electron chi connectivity index (χ3n) is 8.25. The number of aromatic nitrogens is 1. The first-order valence-electron chi connectivity index (χ1n) is 15.4. The van der Waals surface area contributed by atoms with Gasteiger partial charge >= 0.3 is 0 Å². The summed E-state index contributed by atoms with van der Waals surface area (Å²) < 4.78 is 42.3. The summed E-state index contributed by atoms with van der Waals surface area (Å²) in [6, 6.07) is 37.2. The molecule has 0 amide bonds. The van der Waals surface area contributed by atoms with Crippen molar-refractivity contribution in [3.8, 4) is 11.1 Å². The highest BCUT2D eigenvalue weighted by Gasteiger charge is 2.38. The molecule has 0 aliphatic carbocycles. The van der Waals surface area contributed by atoms with E-state index in [0.717, 1.165) is 38.1 Å². The van der Waals surface area contributed by atoms with Gasteiger partial charge in [-0.3, -0.25) is 0 Å².